The number of hydrogen-bond donors (Lipinski definition) is 1. The zero-order valence-electron chi connectivity index (χ0n) is 14.6. The summed E-state index contributed by atoms with van der Waals surface area (Å²) >= 11 is 0. The molecule has 0 saturated heterocycles. The van der Waals surface area contributed by atoms with Crippen LogP contribution in [0.5, 0.6) is 0 Å². The monoisotopic (exact) mass is 361 g/mol. The third-order valence-electron chi connectivity index (χ3n) is 4.16. The molecule has 2 aromatic carbocycles. The van der Waals surface area contributed by atoms with Crippen molar-refractivity contribution in [1.82, 2.24) is 15.3 Å². The molecule has 0 saturated carbocycles. The van der Waals surface area contributed by atoms with Gasteiger partial charge in [-0.15, -0.1) is 0 Å². The first-order chi connectivity index (χ1) is 13.1. The second kappa shape index (κ2) is 6.99. The maximum absolute atomic E-state index is 13.7. The summed E-state index contributed by atoms with van der Waals surface area (Å²) < 4.78 is 19.4. The Balaban J connectivity index is 1.56. The second-order valence-corrected chi connectivity index (χ2v) is 6.14. The standard InChI is InChI=1S/C21H16FN3O2/c1-13-5-4-8-18(24-13)21-25-17-10-9-14(11-19(17)27-21)20(26)23-12-15-6-2-3-7-16(15)22/h2-11H,12H2,1H3,(H,23,26). The molecule has 5 nitrogen and oxygen atoms in total. The molecule has 134 valence electrons. The van der Waals surface area contributed by atoms with Gasteiger partial charge in [-0.25, -0.2) is 14.4 Å². The van der Waals surface area contributed by atoms with Gasteiger partial charge in [-0.2, -0.15) is 0 Å². The van der Waals surface area contributed by atoms with Gasteiger partial charge >= 0.3 is 0 Å². The summed E-state index contributed by atoms with van der Waals surface area (Å²) in [6.07, 6.45) is 0. The molecule has 0 aliphatic rings. The van der Waals surface area contributed by atoms with E-state index in [0.717, 1.165) is 5.69 Å². The van der Waals surface area contributed by atoms with Crippen molar-refractivity contribution in [3.63, 3.8) is 0 Å². The van der Waals surface area contributed by atoms with Crippen LogP contribution in [0.15, 0.2) is 65.1 Å². The summed E-state index contributed by atoms with van der Waals surface area (Å²) in [7, 11) is 0. The number of pyridine rings is 1. The first kappa shape index (κ1) is 16.9. The topological polar surface area (TPSA) is 68.0 Å². The molecule has 0 fully saturated rings. The van der Waals surface area contributed by atoms with Crippen LogP contribution < -0.4 is 5.32 Å². The van der Waals surface area contributed by atoms with Gasteiger partial charge in [0.2, 0.25) is 5.89 Å². The summed E-state index contributed by atoms with van der Waals surface area (Å²) in [6, 6.07) is 16.9. The molecule has 0 atom stereocenters. The number of hydrogen-bond acceptors (Lipinski definition) is 4. The van der Waals surface area contributed by atoms with E-state index in [-0.39, 0.29) is 18.3 Å². The summed E-state index contributed by atoms with van der Waals surface area (Å²) in [5, 5.41) is 2.71. The molecule has 1 N–H and O–H groups in total. The summed E-state index contributed by atoms with van der Waals surface area (Å²) in [6.45, 7) is 2.00. The number of aryl methyl sites for hydroxylation is 1. The zero-order valence-corrected chi connectivity index (χ0v) is 14.6. The zero-order chi connectivity index (χ0) is 18.8. The summed E-state index contributed by atoms with van der Waals surface area (Å²) in [4.78, 5) is 21.2. The minimum atomic E-state index is -0.348. The van der Waals surface area contributed by atoms with E-state index in [2.05, 4.69) is 15.3 Å². The van der Waals surface area contributed by atoms with Crippen LogP contribution in [0.1, 0.15) is 21.6 Å². The van der Waals surface area contributed by atoms with Crippen LogP contribution in [0.25, 0.3) is 22.7 Å². The van der Waals surface area contributed by atoms with Crippen molar-refractivity contribution in [2.45, 2.75) is 13.5 Å². The SMILES string of the molecule is Cc1cccc(-c2nc3ccc(C(=O)NCc4ccccc4F)cc3o2)n1. The van der Waals surface area contributed by atoms with Crippen LogP contribution in [0, 0.1) is 12.7 Å². The Hall–Kier alpha value is -3.54. The highest BCUT2D eigenvalue weighted by atomic mass is 19.1. The second-order valence-electron chi connectivity index (χ2n) is 6.14. The fraction of sp³-hybridized carbons (Fsp3) is 0.0952. The number of benzene rings is 2. The minimum Gasteiger partial charge on any atom is -0.435 e. The van der Waals surface area contributed by atoms with Gasteiger partial charge in [-0.05, 0) is 43.3 Å². The highest BCUT2D eigenvalue weighted by Gasteiger charge is 2.13. The maximum Gasteiger partial charge on any atom is 0.251 e. The van der Waals surface area contributed by atoms with E-state index in [9.17, 15) is 9.18 Å². The predicted octanol–water partition coefficient (Wildman–Crippen LogP) is 4.27. The molecular weight excluding hydrogens is 345 g/mol. The summed E-state index contributed by atoms with van der Waals surface area (Å²) in [5.74, 6) is -0.261. The number of fused-ring (bicyclic) bond motifs is 1. The quantitative estimate of drug-likeness (QED) is 0.589. The lowest BCUT2D eigenvalue weighted by atomic mass is 10.1. The average molecular weight is 361 g/mol. The third-order valence-corrected chi connectivity index (χ3v) is 4.16. The van der Waals surface area contributed by atoms with Crippen molar-refractivity contribution in [1.29, 1.82) is 0 Å². The van der Waals surface area contributed by atoms with Gasteiger partial charge in [-0.1, -0.05) is 24.3 Å². The smallest absolute Gasteiger partial charge is 0.251 e. The molecule has 0 spiro atoms. The van der Waals surface area contributed by atoms with Gasteiger partial charge < -0.3 is 9.73 Å². The Morgan fingerprint density at radius 3 is 2.74 bits per heavy atom. The van der Waals surface area contributed by atoms with Crippen molar-refractivity contribution >= 4 is 17.0 Å². The average Bonchev–Trinajstić information content (AvgIpc) is 3.10. The Kier molecular flexibility index (Phi) is 4.38. The fourth-order valence-electron chi connectivity index (χ4n) is 2.76. The Bertz CT molecular complexity index is 1140. The van der Waals surface area contributed by atoms with Crippen LogP contribution >= 0.6 is 0 Å². The number of aromatic nitrogens is 2. The molecule has 2 heterocycles. The molecule has 2 aromatic heterocycles. The fourth-order valence-corrected chi connectivity index (χ4v) is 2.76. The van der Waals surface area contributed by atoms with Crippen LogP contribution in [0.3, 0.4) is 0 Å². The Morgan fingerprint density at radius 1 is 1.07 bits per heavy atom. The lowest BCUT2D eigenvalue weighted by Crippen LogP contribution is -2.23. The highest BCUT2D eigenvalue weighted by Crippen LogP contribution is 2.24. The molecule has 4 aromatic rings. The first-order valence-electron chi connectivity index (χ1n) is 8.46. The van der Waals surface area contributed by atoms with Gasteiger partial charge in [0.25, 0.3) is 5.91 Å². The normalized spacial score (nSPS) is 10.9. The van der Waals surface area contributed by atoms with Gasteiger partial charge in [0.1, 0.15) is 17.0 Å². The van der Waals surface area contributed by atoms with E-state index in [0.29, 0.717) is 33.8 Å². The minimum absolute atomic E-state index is 0.110. The lowest BCUT2D eigenvalue weighted by molar-refractivity contribution is 0.0950. The molecule has 6 heteroatoms. The van der Waals surface area contributed by atoms with E-state index in [1.807, 2.05) is 25.1 Å². The molecule has 1 amide bonds. The molecule has 4 rings (SSSR count). The van der Waals surface area contributed by atoms with Crippen LogP contribution in [-0.4, -0.2) is 15.9 Å². The number of carbonyl (C=O) groups excluding carboxylic acids is 1. The summed E-state index contributed by atoms with van der Waals surface area (Å²) in [5.41, 5.74) is 3.48. The van der Waals surface area contributed by atoms with E-state index < -0.39 is 0 Å². The van der Waals surface area contributed by atoms with E-state index >= 15 is 0 Å². The molecule has 27 heavy (non-hydrogen) atoms. The third kappa shape index (κ3) is 3.55. The molecular formula is C21H16FN3O2. The van der Waals surface area contributed by atoms with Crippen molar-refractivity contribution in [3.8, 4) is 11.6 Å². The molecule has 0 unspecified atom stereocenters. The van der Waals surface area contributed by atoms with Gasteiger partial charge in [0.15, 0.2) is 5.58 Å². The van der Waals surface area contributed by atoms with Crippen molar-refractivity contribution in [2.24, 2.45) is 0 Å². The number of nitrogens with one attached hydrogen (secondary N) is 1. The number of rotatable bonds is 4. The maximum atomic E-state index is 13.7. The first-order valence-corrected chi connectivity index (χ1v) is 8.46. The van der Waals surface area contributed by atoms with E-state index in [1.54, 1.807) is 36.4 Å². The molecule has 0 radical (unpaired) electrons. The van der Waals surface area contributed by atoms with Crippen molar-refractivity contribution in [3.05, 3.63) is 83.3 Å². The number of amides is 1. The van der Waals surface area contributed by atoms with Crippen LogP contribution in [0.4, 0.5) is 4.39 Å². The number of nitrogens with zero attached hydrogens (tertiary/aromatic N) is 2. The predicted molar refractivity (Wildman–Crippen MR) is 99.5 cm³/mol. The number of oxazole rings is 1. The lowest BCUT2D eigenvalue weighted by Gasteiger charge is -2.06. The van der Waals surface area contributed by atoms with Crippen LogP contribution in [0.2, 0.25) is 0 Å². The molecule has 0 bridgehead atoms. The number of halogens is 1. The number of carbonyl (C=O) groups is 1. The molecule has 0 aliphatic heterocycles. The van der Waals surface area contributed by atoms with Crippen LogP contribution in [-0.2, 0) is 6.54 Å². The largest absolute Gasteiger partial charge is 0.435 e. The van der Waals surface area contributed by atoms with Crippen molar-refractivity contribution in [2.75, 3.05) is 0 Å². The van der Waals surface area contributed by atoms with Gasteiger partial charge in [0.05, 0.1) is 0 Å². The van der Waals surface area contributed by atoms with Crippen molar-refractivity contribution < 1.29 is 13.6 Å². The Labute approximate surface area is 154 Å². The van der Waals surface area contributed by atoms with Gasteiger partial charge in [-0.3, -0.25) is 4.79 Å². The van der Waals surface area contributed by atoms with E-state index in [1.165, 1.54) is 6.07 Å². The highest BCUT2D eigenvalue weighted by molar-refractivity contribution is 5.97. The molecule has 0 aliphatic carbocycles. The van der Waals surface area contributed by atoms with E-state index in [4.69, 9.17) is 4.42 Å². The Morgan fingerprint density at radius 2 is 1.93 bits per heavy atom. The van der Waals surface area contributed by atoms with Gasteiger partial charge in [0, 0.05) is 23.4 Å².